The first-order valence-corrected chi connectivity index (χ1v) is 13.1. The third-order valence-electron chi connectivity index (χ3n) is 6.16. The molecule has 0 radical (unpaired) electrons. The minimum Gasteiger partial charge on any atom is -0.480 e. The Bertz CT molecular complexity index is 669. The number of alkyl carbamates (subject to hydrolysis) is 2. The van der Waals surface area contributed by atoms with Gasteiger partial charge in [-0.1, -0.05) is 38.5 Å². The lowest BCUT2D eigenvalue weighted by Gasteiger charge is -2.29. The molecule has 0 unspecified atom stereocenters. The molecule has 0 aromatic carbocycles. The van der Waals surface area contributed by atoms with E-state index in [1.165, 1.54) is 6.42 Å². The first kappa shape index (κ1) is 31.5. The van der Waals surface area contributed by atoms with Gasteiger partial charge < -0.3 is 30.9 Å². The highest BCUT2D eigenvalue weighted by molar-refractivity contribution is 5.84. The minimum absolute atomic E-state index is 0.0174. The average molecular weight is 514 g/mol. The van der Waals surface area contributed by atoms with Crippen LogP contribution in [0.5, 0.6) is 0 Å². The van der Waals surface area contributed by atoms with E-state index in [2.05, 4.69) is 10.6 Å². The van der Waals surface area contributed by atoms with Crippen LogP contribution in [0, 0.1) is 11.8 Å². The Morgan fingerprint density at radius 1 is 0.694 bits per heavy atom. The van der Waals surface area contributed by atoms with Crippen LogP contribution in [0.3, 0.4) is 0 Å². The minimum atomic E-state index is -0.979. The van der Waals surface area contributed by atoms with Crippen molar-refractivity contribution in [3.8, 4) is 0 Å². The van der Waals surface area contributed by atoms with Crippen LogP contribution in [0.1, 0.15) is 106 Å². The van der Waals surface area contributed by atoms with Gasteiger partial charge in [0.15, 0.2) is 0 Å². The van der Waals surface area contributed by atoms with Gasteiger partial charge in [0.2, 0.25) is 5.91 Å². The standard InChI is InChI=1S/C13H24N2O3.C13H23NO4/c1-13(2,3)18-12(17)15-10(11(14)16)9-7-5-4-6-8-9;1-13(2,3)18-12(17)14-10(11(15)16)9-7-5-4-6-8-9/h9-10H,4-8H2,1-3H3,(H2,14,16)(H,15,17);9-10H,4-8H2,1-3H3,(H,14,17)(H,15,16)/t2*10-/m00/s1. The fraction of sp³-hybridized carbons (Fsp3) is 0.846. The molecule has 10 nitrogen and oxygen atoms in total. The van der Waals surface area contributed by atoms with E-state index >= 15 is 0 Å². The lowest BCUT2D eigenvalue weighted by atomic mass is 9.83. The first-order chi connectivity index (χ1) is 16.6. The molecule has 2 atom stereocenters. The average Bonchev–Trinajstić information content (AvgIpc) is 2.75. The van der Waals surface area contributed by atoms with Gasteiger partial charge in [-0.2, -0.15) is 0 Å². The molecule has 2 fully saturated rings. The topological polar surface area (TPSA) is 157 Å². The highest BCUT2D eigenvalue weighted by Crippen LogP contribution is 2.27. The summed E-state index contributed by atoms with van der Waals surface area (Å²) in [4.78, 5) is 46.0. The monoisotopic (exact) mass is 513 g/mol. The SMILES string of the molecule is CC(C)(C)OC(=O)N[C@H](C(=O)O)C1CCCCC1.CC(C)(C)OC(=O)N[C@H](C(N)=O)C1CCCCC1. The third kappa shape index (κ3) is 13.0. The summed E-state index contributed by atoms with van der Waals surface area (Å²) < 4.78 is 10.2. The molecule has 5 N–H and O–H groups in total. The van der Waals surface area contributed by atoms with Crippen molar-refractivity contribution in [1.82, 2.24) is 10.6 Å². The predicted octanol–water partition coefficient (Wildman–Crippen LogP) is 4.49. The molecule has 0 heterocycles. The van der Waals surface area contributed by atoms with Gasteiger partial charge in [0.05, 0.1) is 0 Å². The molecule has 0 aromatic rings. The summed E-state index contributed by atoms with van der Waals surface area (Å²) in [5.74, 6) is -1.30. The van der Waals surface area contributed by atoms with Gasteiger partial charge in [-0.3, -0.25) is 4.79 Å². The second-order valence-electron chi connectivity index (χ2n) is 11.8. The lowest BCUT2D eigenvalue weighted by molar-refractivity contribution is -0.141. The fourth-order valence-corrected chi connectivity index (χ4v) is 4.61. The van der Waals surface area contributed by atoms with Crippen LogP contribution in [0.25, 0.3) is 0 Å². The molecule has 2 rings (SSSR count). The van der Waals surface area contributed by atoms with Crippen LogP contribution in [0.15, 0.2) is 0 Å². The van der Waals surface area contributed by atoms with Crippen molar-refractivity contribution >= 4 is 24.1 Å². The summed E-state index contributed by atoms with van der Waals surface area (Å²) >= 11 is 0. The van der Waals surface area contributed by atoms with Crippen LogP contribution in [-0.4, -0.2) is 52.5 Å². The number of nitrogens with one attached hydrogen (secondary N) is 2. The van der Waals surface area contributed by atoms with Gasteiger partial charge in [-0.15, -0.1) is 0 Å². The normalized spacial score (nSPS) is 19.1. The van der Waals surface area contributed by atoms with E-state index in [1.807, 2.05) is 0 Å². The van der Waals surface area contributed by atoms with E-state index in [9.17, 15) is 24.3 Å². The molecular formula is C26H47N3O7. The van der Waals surface area contributed by atoms with E-state index in [-0.39, 0.29) is 11.8 Å². The van der Waals surface area contributed by atoms with Crippen LogP contribution < -0.4 is 16.4 Å². The van der Waals surface area contributed by atoms with Crippen molar-refractivity contribution in [2.75, 3.05) is 0 Å². The highest BCUT2D eigenvalue weighted by Gasteiger charge is 2.32. The highest BCUT2D eigenvalue weighted by atomic mass is 16.6. The Labute approximate surface area is 215 Å². The van der Waals surface area contributed by atoms with Crippen LogP contribution in [0.2, 0.25) is 0 Å². The number of hydrogen-bond donors (Lipinski definition) is 4. The van der Waals surface area contributed by atoms with Crippen LogP contribution in [-0.2, 0) is 19.1 Å². The van der Waals surface area contributed by atoms with Gasteiger partial charge in [0, 0.05) is 0 Å². The molecule has 2 aliphatic carbocycles. The molecule has 2 saturated carbocycles. The maximum absolute atomic E-state index is 11.7. The van der Waals surface area contributed by atoms with Crippen molar-refractivity contribution in [2.24, 2.45) is 17.6 Å². The Morgan fingerprint density at radius 2 is 1.03 bits per heavy atom. The number of carboxylic acid groups (broad SMARTS) is 1. The Balaban J connectivity index is 0.000000360. The number of rotatable bonds is 6. The van der Waals surface area contributed by atoms with Gasteiger partial charge in [-0.25, -0.2) is 14.4 Å². The molecule has 0 bridgehead atoms. The summed E-state index contributed by atoms with van der Waals surface area (Å²) in [6, 6.07) is -1.44. The van der Waals surface area contributed by atoms with Crippen molar-refractivity contribution in [3.63, 3.8) is 0 Å². The number of carboxylic acids is 1. The van der Waals surface area contributed by atoms with Crippen LogP contribution >= 0.6 is 0 Å². The summed E-state index contributed by atoms with van der Waals surface area (Å²) in [5, 5.41) is 14.3. The zero-order chi connectivity index (χ0) is 27.5. The number of nitrogens with two attached hydrogens (primary N) is 1. The maximum Gasteiger partial charge on any atom is 0.408 e. The van der Waals surface area contributed by atoms with E-state index in [0.29, 0.717) is 0 Å². The molecule has 0 saturated heterocycles. The Hall–Kier alpha value is -2.52. The van der Waals surface area contributed by atoms with Crippen LogP contribution in [0.4, 0.5) is 9.59 Å². The van der Waals surface area contributed by atoms with E-state index in [1.54, 1.807) is 41.5 Å². The molecule has 3 amide bonds. The maximum atomic E-state index is 11.7. The predicted molar refractivity (Wildman–Crippen MR) is 136 cm³/mol. The first-order valence-electron chi connectivity index (χ1n) is 13.1. The van der Waals surface area contributed by atoms with Crippen molar-refractivity contribution in [1.29, 1.82) is 0 Å². The number of carbonyl (C=O) groups excluding carboxylic acids is 3. The zero-order valence-corrected chi connectivity index (χ0v) is 22.9. The van der Waals surface area contributed by atoms with Crippen molar-refractivity contribution in [2.45, 2.75) is 129 Å². The quantitative estimate of drug-likeness (QED) is 0.407. The van der Waals surface area contributed by atoms with E-state index in [0.717, 1.165) is 57.8 Å². The van der Waals surface area contributed by atoms with E-state index < -0.39 is 47.3 Å². The van der Waals surface area contributed by atoms with Gasteiger partial charge >= 0.3 is 18.2 Å². The molecule has 208 valence electrons. The molecule has 2 aliphatic rings. The second kappa shape index (κ2) is 14.3. The molecule has 10 heteroatoms. The fourth-order valence-electron chi connectivity index (χ4n) is 4.61. The van der Waals surface area contributed by atoms with Gasteiger partial charge in [0.25, 0.3) is 0 Å². The number of primary amides is 1. The number of hydrogen-bond acceptors (Lipinski definition) is 6. The van der Waals surface area contributed by atoms with Crippen molar-refractivity contribution < 1.29 is 33.8 Å². The van der Waals surface area contributed by atoms with Gasteiger partial charge in [-0.05, 0) is 79.1 Å². The van der Waals surface area contributed by atoms with Crippen molar-refractivity contribution in [3.05, 3.63) is 0 Å². The molecular weight excluding hydrogens is 466 g/mol. The summed E-state index contributed by atoms with van der Waals surface area (Å²) in [7, 11) is 0. The summed E-state index contributed by atoms with van der Waals surface area (Å²) in [6.45, 7) is 10.6. The Morgan fingerprint density at radius 3 is 1.33 bits per heavy atom. The summed E-state index contributed by atoms with van der Waals surface area (Å²) in [6.07, 6.45) is 8.93. The van der Waals surface area contributed by atoms with Gasteiger partial charge in [0.1, 0.15) is 23.3 Å². The third-order valence-corrected chi connectivity index (χ3v) is 6.16. The molecule has 0 aliphatic heterocycles. The number of aliphatic carboxylic acids is 1. The molecule has 0 spiro atoms. The largest absolute Gasteiger partial charge is 0.480 e. The number of ether oxygens (including phenoxy) is 2. The molecule has 0 aromatic heterocycles. The lowest BCUT2D eigenvalue weighted by Crippen LogP contribution is -2.50. The molecule has 36 heavy (non-hydrogen) atoms. The second-order valence-corrected chi connectivity index (χ2v) is 11.8. The van der Waals surface area contributed by atoms with E-state index in [4.69, 9.17) is 15.2 Å². The zero-order valence-electron chi connectivity index (χ0n) is 22.9. The Kier molecular flexibility index (Phi) is 12.5. The number of carbonyl (C=O) groups is 4. The number of amides is 3. The summed E-state index contributed by atoms with van der Waals surface area (Å²) in [5.41, 5.74) is 4.19. The smallest absolute Gasteiger partial charge is 0.408 e.